The predicted octanol–water partition coefficient (Wildman–Crippen LogP) is 0.516. The minimum Gasteiger partial charge on any atom is -0.465 e. The van der Waals surface area contributed by atoms with Gasteiger partial charge in [0.15, 0.2) is 0 Å². The maximum Gasteiger partial charge on any atom is 0.339 e. The van der Waals surface area contributed by atoms with Crippen LogP contribution in [0.5, 0.6) is 0 Å². The summed E-state index contributed by atoms with van der Waals surface area (Å²) in [5, 5.41) is 3.92. The van der Waals surface area contributed by atoms with Crippen LogP contribution in [0.2, 0.25) is 0 Å². The molecule has 2 aromatic heterocycles. The minimum absolute atomic E-state index is 0.370. The van der Waals surface area contributed by atoms with Gasteiger partial charge in [-0.3, -0.25) is 0 Å². The summed E-state index contributed by atoms with van der Waals surface area (Å²) in [5.41, 5.74) is 1.24. The SMILES string of the molecule is COC(=O)c1cc2cncnn2c1. The summed E-state index contributed by atoms with van der Waals surface area (Å²) in [6, 6.07) is 1.67. The average Bonchev–Trinajstić information content (AvgIpc) is 2.59. The van der Waals surface area contributed by atoms with Crippen LogP contribution in [0.15, 0.2) is 24.8 Å². The molecule has 0 aliphatic heterocycles. The number of methoxy groups -OCH3 is 1. The van der Waals surface area contributed by atoms with Crippen molar-refractivity contribution in [2.24, 2.45) is 0 Å². The molecule has 2 aromatic rings. The monoisotopic (exact) mass is 177 g/mol. The standard InChI is InChI=1S/C8H7N3O2/c1-13-8(12)6-2-7-3-9-5-10-11(7)4-6/h2-5H,1H3. The van der Waals surface area contributed by atoms with Gasteiger partial charge in [0.25, 0.3) is 0 Å². The number of rotatable bonds is 1. The van der Waals surface area contributed by atoms with Crippen LogP contribution in [0, 0.1) is 0 Å². The van der Waals surface area contributed by atoms with Crippen molar-refractivity contribution in [2.75, 3.05) is 7.11 Å². The molecule has 13 heavy (non-hydrogen) atoms. The molecular weight excluding hydrogens is 170 g/mol. The van der Waals surface area contributed by atoms with Gasteiger partial charge in [0, 0.05) is 6.20 Å². The Morgan fingerprint density at radius 3 is 3.15 bits per heavy atom. The number of nitrogens with zero attached hydrogens (tertiary/aromatic N) is 3. The molecule has 5 heteroatoms. The van der Waals surface area contributed by atoms with Crippen molar-refractivity contribution in [3.8, 4) is 0 Å². The van der Waals surface area contributed by atoms with Gasteiger partial charge >= 0.3 is 5.97 Å². The zero-order valence-electron chi connectivity index (χ0n) is 6.97. The van der Waals surface area contributed by atoms with E-state index in [1.807, 2.05) is 0 Å². The van der Waals surface area contributed by atoms with E-state index in [2.05, 4.69) is 14.8 Å². The third-order valence-electron chi connectivity index (χ3n) is 1.70. The molecule has 0 fully saturated rings. The average molecular weight is 177 g/mol. The molecule has 0 saturated heterocycles. The Morgan fingerprint density at radius 1 is 1.62 bits per heavy atom. The van der Waals surface area contributed by atoms with Gasteiger partial charge in [0.05, 0.1) is 24.4 Å². The third kappa shape index (κ3) is 1.24. The molecule has 66 valence electrons. The molecule has 2 rings (SSSR count). The third-order valence-corrected chi connectivity index (χ3v) is 1.70. The number of carbonyl (C=O) groups is 1. The van der Waals surface area contributed by atoms with Crippen molar-refractivity contribution in [3.05, 3.63) is 30.4 Å². The Kier molecular flexibility index (Phi) is 1.70. The molecule has 0 amide bonds. The highest BCUT2D eigenvalue weighted by Crippen LogP contribution is 2.07. The van der Waals surface area contributed by atoms with Gasteiger partial charge in [0.1, 0.15) is 6.33 Å². The van der Waals surface area contributed by atoms with Crippen LogP contribution in [-0.2, 0) is 4.74 Å². The summed E-state index contributed by atoms with van der Waals surface area (Å²) in [4.78, 5) is 14.9. The van der Waals surface area contributed by atoms with E-state index in [4.69, 9.17) is 0 Å². The van der Waals surface area contributed by atoms with E-state index in [0.29, 0.717) is 5.56 Å². The lowest BCUT2D eigenvalue weighted by atomic mass is 10.3. The van der Waals surface area contributed by atoms with Crippen molar-refractivity contribution in [1.82, 2.24) is 14.6 Å². The van der Waals surface area contributed by atoms with Gasteiger partial charge in [-0.2, -0.15) is 5.10 Å². The molecule has 0 unspecified atom stereocenters. The van der Waals surface area contributed by atoms with Crippen LogP contribution in [0.25, 0.3) is 5.52 Å². The second kappa shape index (κ2) is 2.85. The van der Waals surface area contributed by atoms with E-state index in [1.54, 1.807) is 23.0 Å². The van der Waals surface area contributed by atoms with Gasteiger partial charge < -0.3 is 4.74 Å². The summed E-state index contributed by atoms with van der Waals surface area (Å²) in [5.74, 6) is -0.370. The Balaban J connectivity index is 2.56. The number of aromatic nitrogens is 3. The van der Waals surface area contributed by atoms with Crippen molar-refractivity contribution in [2.45, 2.75) is 0 Å². The fourth-order valence-corrected chi connectivity index (χ4v) is 1.09. The van der Waals surface area contributed by atoms with Crippen molar-refractivity contribution < 1.29 is 9.53 Å². The molecule has 0 aliphatic rings. The number of ether oxygens (including phenoxy) is 1. The highest BCUT2D eigenvalue weighted by molar-refractivity contribution is 5.90. The molecule has 0 aromatic carbocycles. The second-order valence-corrected chi connectivity index (χ2v) is 2.50. The molecule has 0 saturated carbocycles. The van der Waals surface area contributed by atoms with Crippen LogP contribution in [0.4, 0.5) is 0 Å². The molecule has 5 nitrogen and oxygen atoms in total. The lowest BCUT2D eigenvalue weighted by Gasteiger charge is -1.90. The summed E-state index contributed by atoms with van der Waals surface area (Å²) < 4.78 is 6.13. The number of esters is 1. The Bertz CT molecular complexity index is 416. The van der Waals surface area contributed by atoms with Crippen LogP contribution in [0.3, 0.4) is 0 Å². The first-order chi connectivity index (χ1) is 6.31. The quantitative estimate of drug-likeness (QED) is 0.596. The second-order valence-electron chi connectivity index (χ2n) is 2.50. The first-order valence-corrected chi connectivity index (χ1v) is 3.68. The van der Waals surface area contributed by atoms with Gasteiger partial charge in [-0.15, -0.1) is 0 Å². The van der Waals surface area contributed by atoms with E-state index in [-0.39, 0.29) is 5.97 Å². The highest BCUT2D eigenvalue weighted by Gasteiger charge is 2.08. The number of hydrogen-bond donors (Lipinski definition) is 0. The van der Waals surface area contributed by atoms with Crippen LogP contribution < -0.4 is 0 Å². The molecular formula is C8H7N3O2. The molecule has 0 atom stereocenters. The number of fused-ring (bicyclic) bond motifs is 1. The van der Waals surface area contributed by atoms with E-state index in [1.165, 1.54) is 13.4 Å². The fraction of sp³-hybridized carbons (Fsp3) is 0.125. The molecule has 0 radical (unpaired) electrons. The zero-order chi connectivity index (χ0) is 9.26. The molecule has 0 bridgehead atoms. The van der Waals surface area contributed by atoms with Crippen LogP contribution >= 0.6 is 0 Å². The lowest BCUT2D eigenvalue weighted by Crippen LogP contribution is -1.98. The maximum atomic E-state index is 11.1. The van der Waals surface area contributed by atoms with E-state index in [0.717, 1.165) is 5.52 Å². The zero-order valence-corrected chi connectivity index (χ0v) is 6.97. The number of hydrogen-bond acceptors (Lipinski definition) is 4. The molecule has 2 heterocycles. The van der Waals surface area contributed by atoms with E-state index < -0.39 is 0 Å². The van der Waals surface area contributed by atoms with Gasteiger partial charge in [-0.05, 0) is 6.07 Å². The molecule has 0 aliphatic carbocycles. The molecule has 0 spiro atoms. The van der Waals surface area contributed by atoms with Crippen molar-refractivity contribution in [1.29, 1.82) is 0 Å². The minimum atomic E-state index is -0.370. The predicted molar refractivity (Wildman–Crippen MR) is 44.3 cm³/mol. The van der Waals surface area contributed by atoms with E-state index in [9.17, 15) is 4.79 Å². The summed E-state index contributed by atoms with van der Waals surface area (Å²) in [6.07, 6.45) is 4.64. The topological polar surface area (TPSA) is 56.5 Å². The number of carbonyl (C=O) groups excluding carboxylic acids is 1. The van der Waals surface area contributed by atoms with Gasteiger partial charge in [-0.1, -0.05) is 0 Å². The smallest absolute Gasteiger partial charge is 0.339 e. The first kappa shape index (κ1) is 7.72. The van der Waals surface area contributed by atoms with Crippen molar-refractivity contribution in [3.63, 3.8) is 0 Å². The highest BCUT2D eigenvalue weighted by atomic mass is 16.5. The fourth-order valence-electron chi connectivity index (χ4n) is 1.09. The largest absolute Gasteiger partial charge is 0.465 e. The maximum absolute atomic E-state index is 11.1. The Morgan fingerprint density at radius 2 is 2.46 bits per heavy atom. The van der Waals surface area contributed by atoms with E-state index >= 15 is 0 Å². The first-order valence-electron chi connectivity index (χ1n) is 3.68. The summed E-state index contributed by atoms with van der Waals surface area (Å²) in [7, 11) is 1.34. The lowest BCUT2D eigenvalue weighted by molar-refractivity contribution is 0.0601. The van der Waals surface area contributed by atoms with Gasteiger partial charge in [0.2, 0.25) is 0 Å². The Labute approximate surface area is 74.0 Å². The Hall–Kier alpha value is -1.91. The van der Waals surface area contributed by atoms with Gasteiger partial charge in [-0.25, -0.2) is 14.3 Å². The van der Waals surface area contributed by atoms with Crippen molar-refractivity contribution >= 4 is 11.5 Å². The normalized spacial score (nSPS) is 10.2. The van der Waals surface area contributed by atoms with Crippen LogP contribution in [-0.4, -0.2) is 27.7 Å². The van der Waals surface area contributed by atoms with Crippen LogP contribution in [0.1, 0.15) is 10.4 Å². The molecule has 0 N–H and O–H groups in total. The summed E-state index contributed by atoms with van der Waals surface area (Å²) in [6.45, 7) is 0. The summed E-state index contributed by atoms with van der Waals surface area (Å²) >= 11 is 0.